The van der Waals surface area contributed by atoms with Crippen LogP contribution in [-0.4, -0.2) is 47.2 Å². The molecule has 0 aromatic carbocycles. The van der Waals surface area contributed by atoms with Gasteiger partial charge in [0.25, 0.3) is 0 Å². The third-order valence-electron chi connectivity index (χ3n) is 10.6. The summed E-state index contributed by atoms with van der Waals surface area (Å²) in [6.07, 6.45) is 5.83. The van der Waals surface area contributed by atoms with Crippen LogP contribution in [0.15, 0.2) is 35.2 Å². The summed E-state index contributed by atoms with van der Waals surface area (Å²) in [5.41, 5.74) is -6.31. The van der Waals surface area contributed by atoms with Gasteiger partial charge in [-0.2, -0.15) is 0 Å². The SMILES string of the molecule is CC1(C)OC[C@]23C=CC(=O)C12C(=O)C(=O)[C@]1(C)[C@@H]3CC[C@@]2(C)[C@H](c3ccoc3)OC(=O)[C@H]3O[C@]321. The minimum Gasteiger partial charge on any atom is -0.472 e. The number of hydrogen-bond acceptors (Lipinski definition) is 8. The fourth-order valence-electron chi connectivity index (χ4n) is 9.17. The highest BCUT2D eigenvalue weighted by molar-refractivity contribution is 6.48. The van der Waals surface area contributed by atoms with E-state index in [-0.39, 0.29) is 12.4 Å². The first-order chi connectivity index (χ1) is 16.0. The van der Waals surface area contributed by atoms with E-state index in [0.29, 0.717) is 18.4 Å². The van der Waals surface area contributed by atoms with Gasteiger partial charge in [0.05, 0.1) is 30.1 Å². The van der Waals surface area contributed by atoms with Crippen molar-refractivity contribution in [2.24, 2.45) is 27.6 Å². The van der Waals surface area contributed by atoms with Crippen LogP contribution in [0, 0.1) is 27.6 Å². The Bertz CT molecular complexity index is 1240. The Morgan fingerprint density at radius 3 is 2.47 bits per heavy atom. The Hall–Kier alpha value is -2.58. The molecule has 8 heteroatoms. The van der Waals surface area contributed by atoms with Gasteiger partial charge in [-0.05, 0) is 51.7 Å². The Morgan fingerprint density at radius 2 is 1.76 bits per heavy atom. The number of ether oxygens (including phenoxy) is 3. The van der Waals surface area contributed by atoms with E-state index < -0.39 is 68.5 Å². The lowest BCUT2D eigenvalue weighted by atomic mass is 9.35. The molecule has 3 saturated heterocycles. The Kier molecular flexibility index (Phi) is 3.34. The minimum absolute atomic E-state index is 0.161. The average Bonchev–Trinajstić information content (AvgIpc) is 3.08. The third-order valence-corrected chi connectivity index (χ3v) is 10.6. The van der Waals surface area contributed by atoms with Crippen LogP contribution in [-0.2, 0) is 33.4 Å². The number of rotatable bonds is 1. The van der Waals surface area contributed by atoms with Crippen molar-refractivity contribution in [1.82, 2.24) is 0 Å². The summed E-state index contributed by atoms with van der Waals surface area (Å²) in [5.74, 6) is -2.69. The highest BCUT2D eigenvalue weighted by atomic mass is 16.7. The highest BCUT2D eigenvalue weighted by Crippen LogP contribution is 2.81. The zero-order chi connectivity index (χ0) is 24.1. The second-order valence-corrected chi connectivity index (χ2v) is 11.8. The Labute approximate surface area is 196 Å². The lowest BCUT2D eigenvalue weighted by Gasteiger charge is -2.64. The first-order valence-electron chi connectivity index (χ1n) is 11.8. The number of allylic oxidation sites excluding steroid dienone is 1. The number of Topliss-reactive ketones (excluding diaryl/α,β-unsaturated/α-hetero) is 2. The van der Waals surface area contributed by atoms with Crippen LogP contribution in [0.4, 0.5) is 0 Å². The van der Waals surface area contributed by atoms with Crippen molar-refractivity contribution in [1.29, 1.82) is 0 Å². The predicted octanol–water partition coefficient (Wildman–Crippen LogP) is 2.51. The number of furan rings is 1. The van der Waals surface area contributed by atoms with E-state index in [2.05, 4.69) is 0 Å². The third kappa shape index (κ3) is 1.64. The molecule has 1 aromatic rings. The van der Waals surface area contributed by atoms with Gasteiger partial charge in [-0.3, -0.25) is 14.4 Å². The molecule has 0 amide bonds. The molecule has 1 spiro atoms. The van der Waals surface area contributed by atoms with Gasteiger partial charge >= 0.3 is 5.97 Å². The van der Waals surface area contributed by atoms with Gasteiger partial charge in [0.2, 0.25) is 11.6 Å². The molecule has 2 saturated carbocycles. The maximum Gasteiger partial charge on any atom is 0.339 e. The second kappa shape index (κ2) is 5.46. The highest BCUT2D eigenvalue weighted by Gasteiger charge is 2.93. The molecule has 178 valence electrons. The molecule has 8 nitrogen and oxygen atoms in total. The summed E-state index contributed by atoms with van der Waals surface area (Å²) in [7, 11) is 0. The van der Waals surface area contributed by atoms with Gasteiger partial charge in [0.1, 0.15) is 17.1 Å². The monoisotopic (exact) mass is 466 g/mol. The normalized spacial score (nSPS) is 51.8. The molecular weight excluding hydrogens is 440 g/mol. The first-order valence-corrected chi connectivity index (χ1v) is 11.8. The van der Waals surface area contributed by atoms with Gasteiger partial charge < -0.3 is 18.6 Å². The van der Waals surface area contributed by atoms with Gasteiger partial charge in [0.15, 0.2) is 11.9 Å². The second-order valence-electron chi connectivity index (χ2n) is 11.8. The molecular formula is C26H26O8. The molecule has 0 radical (unpaired) electrons. The summed E-state index contributed by atoms with van der Waals surface area (Å²) in [6.45, 7) is 7.35. The van der Waals surface area contributed by atoms with Crippen LogP contribution in [0.25, 0.3) is 0 Å². The van der Waals surface area contributed by atoms with Gasteiger partial charge in [-0.15, -0.1) is 0 Å². The van der Waals surface area contributed by atoms with Crippen molar-refractivity contribution >= 4 is 23.3 Å². The van der Waals surface area contributed by atoms with Crippen LogP contribution >= 0.6 is 0 Å². The van der Waals surface area contributed by atoms with Crippen molar-refractivity contribution in [2.75, 3.05) is 6.61 Å². The van der Waals surface area contributed by atoms with E-state index in [0.717, 1.165) is 0 Å². The van der Waals surface area contributed by atoms with Crippen molar-refractivity contribution < 1.29 is 37.8 Å². The van der Waals surface area contributed by atoms with Crippen molar-refractivity contribution in [3.8, 4) is 0 Å². The molecule has 5 fully saturated rings. The first kappa shape index (κ1) is 20.8. The maximum atomic E-state index is 14.3. The molecule has 8 atom stereocenters. The molecule has 0 bridgehead atoms. The fraction of sp³-hybridized carbons (Fsp3) is 0.615. The number of esters is 1. The summed E-state index contributed by atoms with van der Waals surface area (Å²) in [6, 6.07) is 1.75. The number of cyclic esters (lactones) is 1. The molecule has 4 heterocycles. The van der Waals surface area contributed by atoms with Crippen molar-refractivity contribution in [3.05, 3.63) is 36.3 Å². The minimum atomic E-state index is -1.59. The molecule has 34 heavy (non-hydrogen) atoms. The number of fused-ring (bicyclic) bond motifs is 1. The Morgan fingerprint density at radius 1 is 1.00 bits per heavy atom. The van der Waals surface area contributed by atoms with E-state index >= 15 is 0 Å². The van der Waals surface area contributed by atoms with Crippen LogP contribution in [0.2, 0.25) is 0 Å². The molecule has 6 aliphatic rings. The van der Waals surface area contributed by atoms with Crippen LogP contribution in [0.3, 0.4) is 0 Å². The summed E-state index contributed by atoms with van der Waals surface area (Å²) >= 11 is 0. The number of carbonyl (C=O) groups excluding carboxylic acids is 4. The van der Waals surface area contributed by atoms with Gasteiger partial charge in [0, 0.05) is 16.4 Å². The van der Waals surface area contributed by atoms with E-state index in [1.54, 1.807) is 26.8 Å². The average molecular weight is 466 g/mol. The van der Waals surface area contributed by atoms with E-state index in [1.165, 1.54) is 18.6 Å². The molecule has 0 N–H and O–H groups in total. The number of ketones is 3. The summed E-state index contributed by atoms with van der Waals surface area (Å²) in [5, 5.41) is 0. The zero-order valence-electron chi connectivity index (χ0n) is 19.5. The van der Waals surface area contributed by atoms with Crippen molar-refractivity contribution in [3.63, 3.8) is 0 Å². The van der Waals surface area contributed by atoms with Crippen LogP contribution < -0.4 is 0 Å². The molecule has 1 aromatic heterocycles. The lowest BCUT2D eigenvalue weighted by molar-refractivity contribution is -0.211. The molecule has 3 aliphatic carbocycles. The quantitative estimate of drug-likeness (QED) is 0.269. The van der Waals surface area contributed by atoms with Crippen LogP contribution in [0.1, 0.15) is 52.2 Å². The lowest BCUT2D eigenvalue weighted by Crippen LogP contribution is -2.76. The smallest absolute Gasteiger partial charge is 0.339 e. The zero-order valence-corrected chi connectivity index (χ0v) is 19.5. The van der Waals surface area contributed by atoms with E-state index in [9.17, 15) is 19.2 Å². The number of epoxide rings is 1. The number of carbonyl (C=O) groups is 4. The largest absolute Gasteiger partial charge is 0.472 e. The maximum absolute atomic E-state index is 14.3. The molecule has 1 unspecified atom stereocenters. The van der Waals surface area contributed by atoms with E-state index in [1.807, 2.05) is 13.0 Å². The predicted molar refractivity (Wildman–Crippen MR) is 113 cm³/mol. The fourth-order valence-corrected chi connectivity index (χ4v) is 9.17. The number of hydrogen-bond donors (Lipinski definition) is 0. The summed E-state index contributed by atoms with van der Waals surface area (Å²) in [4.78, 5) is 54.9. The van der Waals surface area contributed by atoms with E-state index in [4.69, 9.17) is 18.6 Å². The Balaban J connectivity index is 1.47. The topological polar surface area (TPSA) is 112 Å². The van der Waals surface area contributed by atoms with Gasteiger partial charge in [-0.25, -0.2) is 4.79 Å². The van der Waals surface area contributed by atoms with Gasteiger partial charge in [-0.1, -0.05) is 13.0 Å². The van der Waals surface area contributed by atoms with Crippen LogP contribution in [0.5, 0.6) is 0 Å². The molecule has 3 aliphatic heterocycles. The molecule has 7 rings (SSSR count). The standard InChI is InChI=1S/C26H26O8/c1-21(2)25-15(27)6-9-24(25,12-32-21)14-5-8-22(3)18(13-7-10-31-11-13)33-20(30)19-26(22,34-19)23(14,4)16(28)17(25)29/h6-7,9-11,14,18-19H,5,8,12H2,1-4H3/t14-,18-,19+,22-,23-,24-,25?,26+/m0/s1. The van der Waals surface area contributed by atoms with Crippen molar-refractivity contribution in [2.45, 2.75) is 63.9 Å². The summed E-state index contributed by atoms with van der Waals surface area (Å²) < 4.78 is 23.5.